The molecule has 2 amide bonds. The van der Waals surface area contributed by atoms with E-state index in [1.165, 1.54) is 36.3 Å². The molecule has 2 aliphatic heterocycles. The number of rotatable bonds is 8. The lowest BCUT2D eigenvalue weighted by Crippen LogP contribution is -2.44. The highest BCUT2D eigenvalue weighted by molar-refractivity contribution is 6.05. The quantitative estimate of drug-likeness (QED) is 0.370. The topological polar surface area (TPSA) is 92.8 Å². The summed E-state index contributed by atoms with van der Waals surface area (Å²) in [5, 5.41) is 5.93. The van der Waals surface area contributed by atoms with Crippen molar-refractivity contribution < 1.29 is 36.6 Å². The Morgan fingerprint density at radius 2 is 1.71 bits per heavy atom. The van der Waals surface area contributed by atoms with E-state index in [0.29, 0.717) is 5.82 Å². The van der Waals surface area contributed by atoms with Gasteiger partial charge in [0.15, 0.2) is 0 Å². The van der Waals surface area contributed by atoms with Gasteiger partial charge in [-0.25, -0.2) is 13.8 Å². The van der Waals surface area contributed by atoms with Crippen LogP contribution in [0.5, 0.6) is 11.5 Å². The Morgan fingerprint density at radius 3 is 2.33 bits per heavy atom. The van der Waals surface area contributed by atoms with E-state index in [1.807, 2.05) is 6.07 Å². The fourth-order valence-electron chi connectivity index (χ4n) is 5.75. The van der Waals surface area contributed by atoms with Gasteiger partial charge >= 0.3 is 6.61 Å². The molecule has 0 saturated carbocycles. The maximum atomic E-state index is 15.4. The van der Waals surface area contributed by atoms with Crippen LogP contribution < -0.4 is 25.0 Å². The van der Waals surface area contributed by atoms with Gasteiger partial charge in [-0.15, -0.1) is 0 Å². The van der Waals surface area contributed by atoms with Crippen LogP contribution in [0.4, 0.5) is 23.4 Å². The zero-order chi connectivity index (χ0) is 30.0. The number of nitrogens with zero attached hydrogens (tertiary/aromatic N) is 2. The number of pyridine rings is 1. The van der Waals surface area contributed by atoms with Gasteiger partial charge in [0.1, 0.15) is 35.0 Å². The number of hydrogen-bond acceptors (Lipinski definition) is 6. The number of aromatic nitrogens is 1. The van der Waals surface area contributed by atoms with Gasteiger partial charge in [-0.1, -0.05) is 6.07 Å². The number of hydrogen-bond donors (Lipinski definition) is 2. The van der Waals surface area contributed by atoms with Gasteiger partial charge in [0.2, 0.25) is 0 Å². The SMILES string of the molecule is COc1cc(F)c([C@H]2[C@H](NC(=O)c3ccc(OC(F)F)cc3)C(=O)N(c3cccc(C4CCNCC4)n3)[C@H]2C)c(F)c1. The lowest BCUT2D eigenvalue weighted by atomic mass is 9.87. The molecule has 2 N–H and O–H groups in total. The molecular weight excluding hydrogens is 556 g/mol. The van der Waals surface area contributed by atoms with Crippen molar-refractivity contribution in [1.82, 2.24) is 15.6 Å². The van der Waals surface area contributed by atoms with E-state index in [-0.39, 0.29) is 28.5 Å². The molecule has 0 radical (unpaired) electrons. The lowest BCUT2D eigenvalue weighted by molar-refractivity contribution is -0.118. The Balaban J connectivity index is 1.51. The van der Waals surface area contributed by atoms with Crippen LogP contribution in [-0.2, 0) is 4.79 Å². The molecule has 0 unspecified atom stereocenters. The molecule has 222 valence electrons. The third-order valence-electron chi connectivity index (χ3n) is 7.80. The van der Waals surface area contributed by atoms with Gasteiger partial charge in [-0.2, -0.15) is 8.78 Å². The Hall–Kier alpha value is -4.19. The van der Waals surface area contributed by atoms with E-state index >= 15 is 8.78 Å². The highest BCUT2D eigenvalue weighted by Gasteiger charge is 2.50. The average molecular weight is 587 g/mol. The summed E-state index contributed by atoms with van der Waals surface area (Å²) in [5.74, 6) is -4.01. The molecular formula is C30H30F4N4O4. The summed E-state index contributed by atoms with van der Waals surface area (Å²) in [5.41, 5.74) is 0.474. The van der Waals surface area contributed by atoms with Crippen molar-refractivity contribution in [2.45, 2.75) is 50.3 Å². The number of ether oxygens (including phenoxy) is 2. The number of carbonyl (C=O) groups excluding carboxylic acids is 2. The summed E-state index contributed by atoms with van der Waals surface area (Å²) in [4.78, 5) is 33.3. The third-order valence-corrected chi connectivity index (χ3v) is 7.80. The number of anilines is 1. The summed E-state index contributed by atoms with van der Waals surface area (Å²) in [6, 6.07) is 10.1. The molecule has 0 spiro atoms. The molecule has 5 rings (SSSR count). The second-order valence-corrected chi connectivity index (χ2v) is 10.3. The number of nitrogens with one attached hydrogen (secondary N) is 2. The first-order chi connectivity index (χ1) is 20.2. The van der Waals surface area contributed by atoms with Crippen molar-refractivity contribution in [2.75, 3.05) is 25.1 Å². The molecule has 1 aromatic heterocycles. The van der Waals surface area contributed by atoms with E-state index in [4.69, 9.17) is 9.72 Å². The van der Waals surface area contributed by atoms with E-state index in [2.05, 4.69) is 15.4 Å². The van der Waals surface area contributed by atoms with Gasteiger partial charge < -0.3 is 20.1 Å². The number of halogens is 4. The zero-order valence-electron chi connectivity index (χ0n) is 23.0. The zero-order valence-corrected chi connectivity index (χ0v) is 23.0. The summed E-state index contributed by atoms with van der Waals surface area (Å²) in [6.45, 7) is 0.298. The second kappa shape index (κ2) is 12.4. The third kappa shape index (κ3) is 5.89. The maximum Gasteiger partial charge on any atom is 0.387 e. The molecule has 8 nitrogen and oxygen atoms in total. The van der Waals surface area contributed by atoms with Crippen molar-refractivity contribution in [2.24, 2.45) is 0 Å². The molecule has 12 heteroatoms. The number of methoxy groups -OCH3 is 1. The minimum absolute atomic E-state index is 0.0365. The molecule has 42 heavy (non-hydrogen) atoms. The van der Waals surface area contributed by atoms with Gasteiger partial charge in [0, 0.05) is 46.8 Å². The van der Waals surface area contributed by atoms with Crippen molar-refractivity contribution >= 4 is 17.6 Å². The molecule has 3 atom stereocenters. The first-order valence-corrected chi connectivity index (χ1v) is 13.6. The van der Waals surface area contributed by atoms with Crippen LogP contribution in [0.15, 0.2) is 54.6 Å². The monoisotopic (exact) mass is 586 g/mol. The fourth-order valence-corrected chi connectivity index (χ4v) is 5.75. The normalized spacial score (nSPS) is 21.1. The van der Waals surface area contributed by atoms with Gasteiger partial charge in [0.25, 0.3) is 11.8 Å². The first kappa shape index (κ1) is 29.3. The van der Waals surface area contributed by atoms with Crippen molar-refractivity contribution in [3.8, 4) is 11.5 Å². The molecule has 3 heterocycles. The fraction of sp³-hybridized carbons (Fsp3) is 0.367. The van der Waals surface area contributed by atoms with Crippen molar-refractivity contribution in [1.29, 1.82) is 0 Å². The first-order valence-electron chi connectivity index (χ1n) is 13.6. The highest BCUT2D eigenvalue weighted by Crippen LogP contribution is 2.41. The van der Waals surface area contributed by atoms with E-state index < -0.39 is 48.1 Å². The number of benzene rings is 2. The average Bonchev–Trinajstić information content (AvgIpc) is 3.21. The Morgan fingerprint density at radius 1 is 1.05 bits per heavy atom. The Labute approximate surface area is 240 Å². The van der Waals surface area contributed by atoms with Crippen molar-refractivity contribution in [3.63, 3.8) is 0 Å². The smallest absolute Gasteiger partial charge is 0.387 e. The summed E-state index contributed by atoms with van der Waals surface area (Å²) in [7, 11) is 1.28. The summed E-state index contributed by atoms with van der Waals surface area (Å²) < 4.78 is 65.2. The Bertz CT molecular complexity index is 1430. The molecule has 2 saturated heterocycles. The van der Waals surface area contributed by atoms with E-state index in [9.17, 15) is 18.4 Å². The summed E-state index contributed by atoms with van der Waals surface area (Å²) >= 11 is 0. The van der Waals surface area contributed by atoms with Gasteiger partial charge in [-0.3, -0.25) is 14.5 Å². The standard InChI is InChI=1S/C30H30F4N4O4/c1-16-25(26-21(31)14-20(41-2)15-22(26)32)27(37-28(39)18-6-8-19(9-7-18)42-30(33)34)29(40)38(16)24-5-3-4-23(36-24)17-10-12-35-13-11-17/h3-9,14-17,25,27,30,35H,10-13H2,1-2H3,(H,37,39)/t16-,25-,27-/m0/s1. The largest absolute Gasteiger partial charge is 0.497 e. The van der Waals surface area contributed by atoms with Crippen LogP contribution in [0, 0.1) is 11.6 Å². The van der Waals surface area contributed by atoms with Crippen LogP contribution in [0.1, 0.15) is 53.2 Å². The predicted octanol–water partition coefficient (Wildman–Crippen LogP) is 4.75. The minimum Gasteiger partial charge on any atom is -0.497 e. The lowest BCUT2D eigenvalue weighted by Gasteiger charge is -2.27. The molecule has 0 bridgehead atoms. The van der Waals surface area contributed by atoms with E-state index in [1.54, 1.807) is 19.1 Å². The van der Waals surface area contributed by atoms with Crippen LogP contribution >= 0.6 is 0 Å². The van der Waals surface area contributed by atoms with Crippen LogP contribution in [0.3, 0.4) is 0 Å². The highest BCUT2D eigenvalue weighted by atomic mass is 19.3. The molecule has 0 aliphatic carbocycles. The van der Waals surface area contributed by atoms with Gasteiger partial charge in [0.05, 0.1) is 7.11 Å². The number of alkyl halides is 2. The predicted molar refractivity (Wildman–Crippen MR) is 146 cm³/mol. The van der Waals surface area contributed by atoms with Crippen LogP contribution in [0.2, 0.25) is 0 Å². The molecule has 2 aliphatic rings. The number of carbonyl (C=O) groups is 2. The molecule has 3 aromatic rings. The van der Waals surface area contributed by atoms with Crippen molar-refractivity contribution in [3.05, 3.63) is 83.1 Å². The maximum absolute atomic E-state index is 15.4. The second-order valence-electron chi connectivity index (χ2n) is 10.3. The van der Waals surface area contributed by atoms with Gasteiger partial charge in [-0.05, 0) is 69.3 Å². The summed E-state index contributed by atoms with van der Waals surface area (Å²) in [6.07, 6.45) is 1.76. The van der Waals surface area contributed by atoms with Crippen LogP contribution in [-0.4, -0.2) is 55.7 Å². The number of piperidine rings is 1. The van der Waals surface area contributed by atoms with E-state index in [0.717, 1.165) is 43.8 Å². The Kier molecular flexibility index (Phi) is 8.62. The van der Waals surface area contributed by atoms with Crippen LogP contribution in [0.25, 0.3) is 0 Å². The molecule has 2 fully saturated rings. The molecule has 2 aromatic carbocycles. The number of amides is 2. The minimum atomic E-state index is -3.04.